The molecule has 0 radical (unpaired) electrons. The molecule has 284 valence electrons. The average Bonchev–Trinajstić information content (AvgIpc) is 3.93. The summed E-state index contributed by atoms with van der Waals surface area (Å²) in [5.74, 6) is -7.05. The molecule has 17 unspecified atom stereocenters. The van der Waals surface area contributed by atoms with Crippen LogP contribution < -0.4 is 0 Å². The lowest BCUT2D eigenvalue weighted by atomic mass is 9.54. The van der Waals surface area contributed by atoms with Crippen LogP contribution in [-0.4, -0.2) is 71.1 Å². The molecule has 2 N–H and O–H groups in total. The highest BCUT2D eigenvalue weighted by molar-refractivity contribution is 5.97. The Morgan fingerprint density at radius 3 is 2.00 bits per heavy atom. The van der Waals surface area contributed by atoms with Crippen molar-refractivity contribution in [3.8, 4) is 0 Å². The molecule has 7 rings (SSSR count). The van der Waals surface area contributed by atoms with E-state index in [1.807, 2.05) is 41.5 Å². The van der Waals surface area contributed by atoms with Gasteiger partial charge in [0.2, 0.25) is 0 Å². The van der Waals surface area contributed by atoms with E-state index in [9.17, 15) is 34.2 Å². The molecule has 0 amide bonds. The number of esters is 4. The number of aliphatic carboxylic acids is 1. The van der Waals surface area contributed by atoms with Gasteiger partial charge >= 0.3 is 29.8 Å². The van der Waals surface area contributed by atoms with Crippen molar-refractivity contribution in [1.82, 2.24) is 0 Å². The second-order valence-electron chi connectivity index (χ2n) is 18.6. The second kappa shape index (κ2) is 13.1. The highest BCUT2D eigenvalue weighted by Crippen LogP contribution is 2.68. The largest absolute Gasteiger partial charge is 0.481 e. The Hall–Kier alpha value is -2.53. The van der Waals surface area contributed by atoms with Crippen LogP contribution in [0.5, 0.6) is 0 Å². The Kier molecular flexibility index (Phi) is 9.45. The number of hydrogen-bond acceptors (Lipinski definition) is 10. The quantitative estimate of drug-likeness (QED) is 0.170. The van der Waals surface area contributed by atoms with Crippen LogP contribution in [0.3, 0.4) is 0 Å². The fraction of sp³-hybridized carbons (Fsp3) is 0.875. The van der Waals surface area contributed by atoms with E-state index in [1.165, 1.54) is 0 Å². The predicted molar refractivity (Wildman–Crippen MR) is 181 cm³/mol. The molecular weight excluding hydrogens is 656 g/mol. The number of carbonyl (C=O) groups excluding carboxylic acids is 4. The van der Waals surface area contributed by atoms with Gasteiger partial charge in [-0.1, -0.05) is 27.7 Å². The Balaban J connectivity index is 1.22. The topological polar surface area (TPSA) is 163 Å². The maximum atomic E-state index is 14.0. The van der Waals surface area contributed by atoms with Gasteiger partial charge in [0.15, 0.2) is 0 Å². The third-order valence-corrected chi connectivity index (χ3v) is 15.5. The van der Waals surface area contributed by atoms with Gasteiger partial charge in [0.05, 0.1) is 55.0 Å². The summed E-state index contributed by atoms with van der Waals surface area (Å²) in [4.78, 5) is 68.3. The summed E-state index contributed by atoms with van der Waals surface area (Å²) in [5.41, 5.74) is -1.28. The van der Waals surface area contributed by atoms with Crippen LogP contribution in [0.15, 0.2) is 0 Å². The van der Waals surface area contributed by atoms with E-state index < -0.39 is 76.7 Å². The number of aliphatic hydroxyl groups excluding tert-OH is 1. The fourth-order valence-corrected chi connectivity index (χ4v) is 13.0. The van der Waals surface area contributed by atoms with Gasteiger partial charge < -0.3 is 29.2 Å². The first-order valence-corrected chi connectivity index (χ1v) is 19.7. The minimum Gasteiger partial charge on any atom is -0.481 e. The lowest BCUT2D eigenvalue weighted by Crippen LogP contribution is -2.53. The van der Waals surface area contributed by atoms with Crippen molar-refractivity contribution in [2.24, 2.45) is 94.2 Å². The maximum Gasteiger partial charge on any atom is 0.317 e. The third kappa shape index (κ3) is 5.77. The van der Waals surface area contributed by atoms with Crippen molar-refractivity contribution in [3.05, 3.63) is 0 Å². The van der Waals surface area contributed by atoms with Gasteiger partial charge in [-0.15, -0.1) is 0 Å². The fourth-order valence-electron chi connectivity index (χ4n) is 13.0. The Labute approximate surface area is 301 Å². The Morgan fingerprint density at radius 2 is 1.43 bits per heavy atom. The van der Waals surface area contributed by atoms with Crippen LogP contribution in [0.25, 0.3) is 0 Å². The van der Waals surface area contributed by atoms with E-state index in [4.69, 9.17) is 18.9 Å². The van der Waals surface area contributed by atoms with Gasteiger partial charge in [-0.3, -0.25) is 24.0 Å². The molecule has 0 spiro atoms. The average molecular weight is 715 g/mol. The van der Waals surface area contributed by atoms with E-state index >= 15 is 0 Å². The van der Waals surface area contributed by atoms with Crippen molar-refractivity contribution in [2.75, 3.05) is 13.2 Å². The van der Waals surface area contributed by atoms with Gasteiger partial charge in [0, 0.05) is 5.41 Å². The van der Waals surface area contributed by atoms with Crippen LogP contribution in [0.1, 0.15) is 93.4 Å². The molecule has 7 fully saturated rings. The first-order chi connectivity index (χ1) is 24.1. The maximum absolute atomic E-state index is 14.0. The summed E-state index contributed by atoms with van der Waals surface area (Å²) in [6.45, 7) is 13.4. The standard InChI is InChI=1S/C40H58O11/c1-8-40(9-2,15-41)16-48-36(45)31-30(34(42)43)33-25(18(4)32(31)49-33)26-21-13-22(23(14-21)35(44)51-39(5,6)7)27(26)29-28(37(46)50-38(29)47)24-17(3)19-10-11-20(24)12-19/h17-33,41H,8-16H2,1-7H3,(H,42,43). The normalized spacial score (nSPS) is 45.5. The van der Waals surface area contributed by atoms with E-state index in [-0.39, 0.29) is 66.5 Å². The summed E-state index contributed by atoms with van der Waals surface area (Å²) >= 11 is 0. The first kappa shape index (κ1) is 36.8. The number of cyclic esters (lactones) is 2. The number of fused-ring (bicyclic) bond motifs is 6. The summed E-state index contributed by atoms with van der Waals surface area (Å²) in [7, 11) is 0. The van der Waals surface area contributed by atoms with Gasteiger partial charge in [0.1, 0.15) is 5.60 Å². The second-order valence-corrected chi connectivity index (χ2v) is 18.6. The van der Waals surface area contributed by atoms with Crippen LogP contribution in [-0.2, 0) is 42.9 Å². The zero-order valence-corrected chi connectivity index (χ0v) is 31.2. The smallest absolute Gasteiger partial charge is 0.317 e. The number of hydrogen-bond donors (Lipinski definition) is 2. The molecule has 0 aromatic heterocycles. The molecule has 6 bridgehead atoms. The number of carboxylic acids is 1. The van der Waals surface area contributed by atoms with E-state index in [1.54, 1.807) is 0 Å². The van der Waals surface area contributed by atoms with Crippen LogP contribution in [0, 0.1) is 94.2 Å². The minimum atomic E-state index is -1.14. The molecule has 0 aromatic carbocycles. The molecule has 0 aromatic rings. The zero-order valence-electron chi connectivity index (χ0n) is 31.2. The van der Waals surface area contributed by atoms with Crippen molar-refractivity contribution in [1.29, 1.82) is 0 Å². The summed E-state index contributed by atoms with van der Waals surface area (Å²) < 4.78 is 23.7. The van der Waals surface area contributed by atoms with E-state index in [0.717, 1.165) is 19.3 Å². The van der Waals surface area contributed by atoms with Gasteiger partial charge in [-0.25, -0.2) is 0 Å². The van der Waals surface area contributed by atoms with Gasteiger partial charge in [-0.05, 0) is 125 Å². The van der Waals surface area contributed by atoms with Gasteiger partial charge in [0.25, 0.3) is 0 Å². The van der Waals surface area contributed by atoms with Gasteiger partial charge in [-0.2, -0.15) is 0 Å². The van der Waals surface area contributed by atoms with E-state index in [2.05, 4.69) is 6.92 Å². The number of aliphatic hydroxyl groups is 1. The van der Waals surface area contributed by atoms with Crippen molar-refractivity contribution >= 4 is 29.8 Å². The molecule has 4 saturated carbocycles. The SMILES string of the molecule is CCC(CC)(CO)COC(=O)C1C2OC(C1C(=O)O)C(C1C3CC(C(=O)OC(C)(C)C)C(C3)C1C1C(=O)OC(=O)C1C1C3CCC(C3)C1C)C2C. The molecule has 4 aliphatic carbocycles. The molecule has 51 heavy (non-hydrogen) atoms. The lowest BCUT2D eigenvalue weighted by Gasteiger charge is -2.47. The Bertz CT molecular complexity index is 1420. The van der Waals surface area contributed by atoms with Crippen LogP contribution in [0.4, 0.5) is 0 Å². The summed E-state index contributed by atoms with van der Waals surface area (Å²) in [6, 6.07) is 0. The summed E-state index contributed by atoms with van der Waals surface area (Å²) in [5, 5.41) is 20.7. The molecule has 3 aliphatic heterocycles. The summed E-state index contributed by atoms with van der Waals surface area (Å²) in [6.07, 6.45) is 4.19. The molecule has 7 aliphatic rings. The highest BCUT2D eigenvalue weighted by atomic mass is 16.6. The monoisotopic (exact) mass is 714 g/mol. The van der Waals surface area contributed by atoms with Crippen molar-refractivity contribution in [3.63, 3.8) is 0 Å². The Morgan fingerprint density at radius 1 is 0.784 bits per heavy atom. The molecular formula is C40H58O11. The molecule has 17 atom stereocenters. The molecule has 3 saturated heterocycles. The van der Waals surface area contributed by atoms with Crippen molar-refractivity contribution < 1.29 is 53.1 Å². The highest BCUT2D eigenvalue weighted by Gasteiger charge is 2.72. The zero-order chi connectivity index (χ0) is 36.9. The first-order valence-electron chi connectivity index (χ1n) is 19.7. The third-order valence-electron chi connectivity index (χ3n) is 15.5. The van der Waals surface area contributed by atoms with Crippen molar-refractivity contribution in [2.45, 2.75) is 111 Å². The molecule has 11 heteroatoms. The lowest BCUT2D eigenvalue weighted by molar-refractivity contribution is -0.168. The molecule has 11 nitrogen and oxygen atoms in total. The predicted octanol–water partition coefficient (Wildman–Crippen LogP) is 4.91. The molecule has 3 heterocycles. The number of carbonyl (C=O) groups is 5. The van der Waals surface area contributed by atoms with Crippen LogP contribution >= 0.6 is 0 Å². The number of rotatable bonds is 11. The van der Waals surface area contributed by atoms with E-state index in [0.29, 0.717) is 37.5 Å². The number of ether oxygens (including phenoxy) is 4. The number of carboxylic acid groups (broad SMARTS) is 1. The van der Waals surface area contributed by atoms with Crippen LogP contribution in [0.2, 0.25) is 0 Å². The minimum absolute atomic E-state index is 0.00543.